The molecule has 2 N–H and O–H groups in total. The molecule has 0 spiro atoms. The predicted molar refractivity (Wildman–Crippen MR) is 80.3 cm³/mol. The molecule has 0 unspecified atom stereocenters. The first-order chi connectivity index (χ1) is 10.2. The smallest absolute Gasteiger partial charge is 0.131 e. The van der Waals surface area contributed by atoms with E-state index < -0.39 is 0 Å². The van der Waals surface area contributed by atoms with Gasteiger partial charge in [-0.3, -0.25) is 0 Å². The van der Waals surface area contributed by atoms with Crippen LogP contribution in [0.2, 0.25) is 0 Å². The monoisotopic (exact) mass is 280 g/mol. The number of hydrogen-bond acceptors (Lipinski definition) is 3. The molecule has 1 aliphatic heterocycles. The summed E-state index contributed by atoms with van der Waals surface area (Å²) in [4.78, 5) is 0. The summed E-state index contributed by atoms with van der Waals surface area (Å²) in [6.45, 7) is 0. The standard InChI is InChI=1S/C18H16O3/c19-12-6-4-11(5-7-12)18-15-3-1-2-14(15)16-10-13(20)8-9-17(16)21-18/h2,4-10,15,18-20H,1,3H2/t15-,18+/m1/s1. The number of phenols is 2. The van der Waals surface area contributed by atoms with Crippen molar-refractivity contribution in [3.8, 4) is 17.2 Å². The predicted octanol–water partition coefficient (Wildman–Crippen LogP) is 4.02. The Kier molecular flexibility index (Phi) is 2.67. The molecule has 0 bridgehead atoms. The minimum absolute atomic E-state index is 0.0311. The van der Waals surface area contributed by atoms with Crippen LogP contribution in [0.25, 0.3) is 5.57 Å². The summed E-state index contributed by atoms with van der Waals surface area (Å²) in [5.74, 6) is 1.66. The van der Waals surface area contributed by atoms with Crippen molar-refractivity contribution in [1.29, 1.82) is 0 Å². The Bertz CT molecular complexity index is 716. The minimum atomic E-state index is -0.0311. The SMILES string of the molecule is Oc1ccc([C@@H]2Oc3ccc(O)cc3C3=CCC[C@H]32)cc1. The van der Waals surface area contributed by atoms with Gasteiger partial charge in [0.15, 0.2) is 0 Å². The molecule has 3 nitrogen and oxygen atoms in total. The highest BCUT2D eigenvalue weighted by Crippen LogP contribution is 2.51. The fourth-order valence-corrected chi connectivity index (χ4v) is 3.38. The average molecular weight is 280 g/mol. The lowest BCUT2D eigenvalue weighted by Crippen LogP contribution is -2.23. The molecule has 0 saturated heterocycles. The maximum absolute atomic E-state index is 9.71. The molecule has 0 aromatic heterocycles. The Morgan fingerprint density at radius 1 is 0.952 bits per heavy atom. The highest BCUT2D eigenvalue weighted by Gasteiger charge is 2.37. The Labute approximate surface area is 123 Å². The number of rotatable bonds is 1. The highest BCUT2D eigenvalue weighted by atomic mass is 16.5. The lowest BCUT2D eigenvalue weighted by molar-refractivity contribution is 0.151. The van der Waals surface area contributed by atoms with Gasteiger partial charge in [0.2, 0.25) is 0 Å². The lowest BCUT2D eigenvalue weighted by atomic mass is 9.84. The molecule has 4 rings (SSSR count). The molecule has 21 heavy (non-hydrogen) atoms. The number of benzene rings is 2. The Balaban J connectivity index is 1.80. The van der Waals surface area contributed by atoms with E-state index in [2.05, 4.69) is 6.08 Å². The van der Waals surface area contributed by atoms with Gasteiger partial charge in [-0.2, -0.15) is 0 Å². The summed E-state index contributed by atoms with van der Waals surface area (Å²) in [6, 6.07) is 12.5. The van der Waals surface area contributed by atoms with E-state index in [1.54, 1.807) is 24.3 Å². The fraction of sp³-hybridized carbons (Fsp3) is 0.222. The number of fused-ring (bicyclic) bond motifs is 3. The van der Waals surface area contributed by atoms with Gasteiger partial charge in [0.05, 0.1) is 0 Å². The fourth-order valence-electron chi connectivity index (χ4n) is 3.38. The molecule has 2 aliphatic rings. The second-order valence-electron chi connectivity index (χ2n) is 5.65. The van der Waals surface area contributed by atoms with E-state index in [-0.39, 0.29) is 17.6 Å². The van der Waals surface area contributed by atoms with Crippen molar-refractivity contribution in [1.82, 2.24) is 0 Å². The molecule has 106 valence electrons. The molecular weight excluding hydrogens is 264 g/mol. The maximum atomic E-state index is 9.71. The van der Waals surface area contributed by atoms with Crippen LogP contribution < -0.4 is 4.74 Å². The van der Waals surface area contributed by atoms with Gasteiger partial charge < -0.3 is 14.9 Å². The van der Waals surface area contributed by atoms with Crippen LogP contribution in [0.5, 0.6) is 17.2 Å². The molecule has 0 saturated carbocycles. The van der Waals surface area contributed by atoms with E-state index in [1.165, 1.54) is 5.57 Å². The van der Waals surface area contributed by atoms with E-state index in [1.807, 2.05) is 18.2 Å². The van der Waals surface area contributed by atoms with Crippen LogP contribution in [0.3, 0.4) is 0 Å². The van der Waals surface area contributed by atoms with Crippen molar-refractivity contribution in [2.45, 2.75) is 18.9 Å². The van der Waals surface area contributed by atoms with Gasteiger partial charge in [-0.1, -0.05) is 18.2 Å². The van der Waals surface area contributed by atoms with E-state index in [0.717, 1.165) is 29.7 Å². The third-order valence-corrected chi connectivity index (χ3v) is 4.36. The molecule has 0 amide bonds. The van der Waals surface area contributed by atoms with Crippen LogP contribution in [-0.4, -0.2) is 10.2 Å². The number of phenolic OH excluding ortho intramolecular Hbond substituents is 2. The lowest BCUT2D eigenvalue weighted by Gasteiger charge is -2.34. The molecule has 2 aromatic rings. The summed E-state index contributed by atoms with van der Waals surface area (Å²) >= 11 is 0. The summed E-state index contributed by atoms with van der Waals surface area (Å²) in [5, 5.41) is 19.2. The van der Waals surface area contributed by atoms with Gasteiger partial charge in [-0.15, -0.1) is 0 Å². The third-order valence-electron chi connectivity index (χ3n) is 4.36. The zero-order valence-corrected chi connectivity index (χ0v) is 11.5. The van der Waals surface area contributed by atoms with Crippen LogP contribution in [0.4, 0.5) is 0 Å². The van der Waals surface area contributed by atoms with Crippen molar-refractivity contribution in [3.63, 3.8) is 0 Å². The Morgan fingerprint density at radius 2 is 1.71 bits per heavy atom. The number of hydrogen-bond donors (Lipinski definition) is 2. The molecule has 1 heterocycles. The normalized spacial score (nSPS) is 23.0. The third kappa shape index (κ3) is 1.97. The summed E-state index contributed by atoms with van der Waals surface area (Å²) < 4.78 is 6.19. The maximum Gasteiger partial charge on any atom is 0.131 e. The molecule has 1 aliphatic carbocycles. The number of aromatic hydroxyl groups is 2. The first-order valence-corrected chi connectivity index (χ1v) is 7.21. The topological polar surface area (TPSA) is 49.7 Å². The zero-order chi connectivity index (χ0) is 14.4. The van der Waals surface area contributed by atoms with E-state index >= 15 is 0 Å². The summed E-state index contributed by atoms with van der Waals surface area (Å²) in [6.07, 6.45) is 4.30. The van der Waals surface area contributed by atoms with Crippen molar-refractivity contribution in [3.05, 3.63) is 59.7 Å². The van der Waals surface area contributed by atoms with Crippen LogP contribution in [0.1, 0.15) is 30.1 Å². The van der Waals surface area contributed by atoms with Crippen molar-refractivity contribution in [2.24, 2.45) is 5.92 Å². The molecule has 0 radical (unpaired) electrons. The number of ether oxygens (including phenoxy) is 1. The second-order valence-corrected chi connectivity index (χ2v) is 5.65. The van der Waals surface area contributed by atoms with Crippen molar-refractivity contribution >= 4 is 5.57 Å². The molecule has 2 aromatic carbocycles. The van der Waals surface area contributed by atoms with Crippen molar-refractivity contribution < 1.29 is 14.9 Å². The van der Waals surface area contributed by atoms with E-state index in [0.29, 0.717) is 5.92 Å². The number of allylic oxidation sites excluding steroid dienone is 1. The summed E-state index contributed by atoms with van der Waals surface area (Å²) in [5.41, 5.74) is 3.35. The zero-order valence-electron chi connectivity index (χ0n) is 11.5. The van der Waals surface area contributed by atoms with Crippen LogP contribution >= 0.6 is 0 Å². The van der Waals surface area contributed by atoms with E-state index in [4.69, 9.17) is 4.74 Å². The molecule has 0 fully saturated rings. The Hall–Kier alpha value is -2.42. The first-order valence-electron chi connectivity index (χ1n) is 7.21. The van der Waals surface area contributed by atoms with Crippen LogP contribution in [-0.2, 0) is 0 Å². The van der Waals surface area contributed by atoms with Gasteiger partial charge in [0.1, 0.15) is 23.4 Å². The molecule has 3 heteroatoms. The molecule has 2 atom stereocenters. The van der Waals surface area contributed by atoms with Crippen molar-refractivity contribution in [2.75, 3.05) is 0 Å². The Morgan fingerprint density at radius 3 is 2.52 bits per heavy atom. The van der Waals surface area contributed by atoms with Crippen LogP contribution in [0, 0.1) is 5.92 Å². The van der Waals surface area contributed by atoms with Gasteiger partial charge in [0.25, 0.3) is 0 Å². The van der Waals surface area contributed by atoms with Gasteiger partial charge in [0, 0.05) is 11.5 Å². The highest BCUT2D eigenvalue weighted by molar-refractivity contribution is 5.76. The van der Waals surface area contributed by atoms with Crippen LogP contribution in [0.15, 0.2) is 48.5 Å². The average Bonchev–Trinajstić information content (AvgIpc) is 2.97. The largest absolute Gasteiger partial charge is 0.508 e. The second kappa shape index (κ2) is 4.55. The van der Waals surface area contributed by atoms with Gasteiger partial charge in [-0.25, -0.2) is 0 Å². The van der Waals surface area contributed by atoms with Gasteiger partial charge in [-0.05, 0) is 54.3 Å². The molecular formula is C18H16O3. The summed E-state index contributed by atoms with van der Waals surface area (Å²) in [7, 11) is 0. The van der Waals surface area contributed by atoms with Gasteiger partial charge >= 0.3 is 0 Å². The minimum Gasteiger partial charge on any atom is -0.508 e. The first kappa shape index (κ1) is 12.3. The van der Waals surface area contributed by atoms with E-state index in [9.17, 15) is 10.2 Å². The quantitative estimate of drug-likeness (QED) is 0.829.